The molecular weight excluding hydrogens is 324 g/mol. The van der Waals surface area contributed by atoms with E-state index in [4.69, 9.17) is 10.8 Å². The third-order valence-electron chi connectivity index (χ3n) is 4.52. The van der Waals surface area contributed by atoms with Gasteiger partial charge in [-0.15, -0.1) is 0 Å². The molecule has 6 heteroatoms. The van der Waals surface area contributed by atoms with Crippen molar-refractivity contribution in [3.8, 4) is 11.1 Å². The first-order valence-corrected chi connectivity index (χ1v) is 8.86. The average Bonchev–Trinajstić information content (AvgIpc) is 3.23. The zero-order chi connectivity index (χ0) is 17.8. The molecule has 6 nitrogen and oxygen atoms in total. The third kappa shape index (κ3) is 3.32. The van der Waals surface area contributed by atoms with Crippen LogP contribution < -0.4 is 21.5 Å². The number of rotatable bonds is 5. The summed E-state index contributed by atoms with van der Waals surface area (Å²) in [5.74, 6) is 7.89. The van der Waals surface area contributed by atoms with Crippen molar-refractivity contribution in [1.82, 2.24) is 9.97 Å². The smallest absolute Gasteiger partial charge is 0.231 e. The molecular formula is C20H22N6. The van der Waals surface area contributed by atoms with Gasteiger partial charge in [0.2, 0.25) is 5.95 Å². The van der Waals surface area contributed by atoms with Crippen LogP contribution in [0, 0.1) is 0 Å². The predicted molar refractivity (Wildman–Crippen MR) is 106 cm³/mol. The number of nitrogens with zero attached hydrogens (tertiary/aromatic N) is 3. The number of hydrogen-bond acceptors (Lipinski definition) is 6. The van der Waals surface area contributed by atoms with Gasteiger partial charge in [0.1, 0.15) is 5.82 Å². The lowest BCUT2D eigenvalue weighted by Gasteiger charge is -2.23. The summed E-state index contributed by atoms with van der Waals surface area (Å²) < 4.78 is 0. The van der Waals surface area contributed by atoms with E-state index in [1.165, 1.54) is 12.8 Å². The highest BCUT2D eigenvalue weighted by molar-refractivity contribution is 5.86. The topological polar surface area (TPSA) is 79.1 Å². The zero-order valence-electron chi connectivity index (χ0n) is 14.5. The van der Waals surface area contributed by atoms with E-state index in [2.05, 4.69) is 32.8 Å². The van der Waals surface area contributed by atoms with Gasteiger partial charge in [-0.1, -0.05) is 48.5 Å². The van der Waals surface area contributed by atoms with E-state index in [1.807, 2.05) is 48.5 Å². The Morgan fingerprint density at radius 1 is 0.846 bits per heavy atom. The van der Waals surface area contributed by atoms with E-state index < -0.39 is 0 Å². The first kappa shape index (κ1) is 16.4. The molecule has 0 bridgehead atoms. The largest absolute Gasteiger partial charge is 0.356 e. The van der Waals surface area contributed by atoms with Crippen molar-refractivity contribution in [3.05, 3.63) is 60.7 Å². The lowest BCUT2D eigenvalue weighted by atomic mass is 10.1. The highest BCUT2D eigenvalue weighted by atomic mass is 15.3. The van der Waals surface area contributed by atoms with Gasteiger partial charge in [-0.25, -0.2) is 5.84 Å². The van der Waals surface area contributed by atoms with Crippen molar-refractivity contribution < 1.29 is 0 Å². The molecule has 1 aliphatic heterocycles. The zero-order valence-corrected chi connectivity index (χ0v) is 14.5. The van der Waals surface area contributed by atoms with Crippen LogP contribution in [0.15, 0.2) is 60.7 Å². The van der Waals surface area contributed by atoms with E-state index in [0.717, 1.165) is 35.7 Å². The van der Waals surface area contributed by atoms with Crippen molar-refractivity contribution in [2.24, 2.45) is 5.84 Å². The molecule has 1 saturated heterocycles. The lowest BCUT2D eigenvalue weighted by molar-refractivity contribution is 0.931. The number of nitrogen functional groups attached to an aromatic ring is 1. The quantitative estimate of drug-likeness (QED) is 0.482. The summed E-state index contributed by atoms with van der Waals surface area (Å²) in [6.45, 7) is 1.98. The van der Waals surface area contributed by atoms with Crippen molar-refractivity contribution in [3.63, 3.8) is 0 Å². The molecule has 0 saturated carbocycles. The fourth-order valence-electron chi connectivity index (χ4n) is 3.29. The van der Waals surface area contributed by atoms with Crippen molar-refractivity contribution >= 4 is 23.3 Å². The molecule has 3 aromatic rings. The number of anilines is 4. The van der Waals surface area contributed by atoms with Crippen molar-refractivity contribution in [2.75, 3.05) is 28.7 Å². The molecule has 0 radical (unpaired) electrons. The van der Waals surface area contributed by atoms with Crippen LogP contribution in [0.5, 0.6) is 0 Å². The first-order valence-electron chi connectivity index (χ1n) is 8.86. The Balaban J connectivity index is 1.82. The number of para-hydroxylation sites is 1. The van der Waals surface area contributed by atoms with Gasteiger partial charge in [-0.2, -0.15) is 9.97 Å². The van der Waals surface area contributed by atoms with Gasteiger partial charge in [0, 0.05) is 18.8 Å². The Kier molecular flexibility index (Phi) is 4.66. The van der Waals surface area contributed by atoms with Gasteiger partial charge in [0.15, 0.2) is 5.82 Å². The molecule has 0 spiro atoms. The molecule has 4 rings (SSSR count). The molecule has 0 atom stereocenters. The van der Waals surface area contributed by atoms with Crippen molar-refractivity contribution in [2.45, 2.75) is 12.8 Å². The normalized spacial score (nSPS) is 13.7. The fourth-order valence-corrected chi connectivity index (χ4v) is 3.29. The Hall–Kier alpha value is -3.12. The molecule has 2 aromatic carbocycles. The van der Waals surface area contributed by atoms with E-state index in [0.29, 0.717) is 11.8 Å². The number of hydrazine groups is 1. The SMILES string of the molecule is NNc1nc(Nc2ccccc2)nc(N2CCCC2)c1-c1ccccc1. The molecule has 0 aliphatic carbocycles. The summed E-state index contributed by atoms with van der Waals surface area (Å²) in [5.41, 5.74) is 5.69. The molecule has 2 heterocycles. The first-order chi connectivity index (χ1) is 12.8. The highest BCUT2D eigenvalue weighted by Crippen LogP contribution is 2.37. The van der Waals surface area contributed by atoms with Crippen LogP contribution in [0.4, 0.5) is 23.3 Å². The van der Waals surface area contributed by atoms with Gasteiger partial charge in [0.05, 0.1) is 5.56 Å². The number of nitrogens with one attached hydrogen (secondary N) is 2. The summed E-state index contributed by atoms with van der Waals surface area (Å²) in [4.78, 5) is 11.8. The van der Waals surface area contributed by atoms with E-state index in [-0.39, 0.29) is 0 Å². The molecule has 4 N–H and O–H groups in total. The standard InChI is InChI=1S/C20H22N6/c21-25-18-17(15-9-3-1-4-10-15)19(26-13-7-8-14-26)24-20(23-18)22-16-11-5-2-6-12-16/h1-6,9-12H,7-8,13-14,21H2,(H2,22,23,24,25). The Bertz CT molecular complexity index is 860. The molecule has 1 aromatic heterocycles. The van der Waals surface area contributed by atoms with Crippen LogP contribution in [0.2, 0.25) is 0 Å². The van der Waals surface area contributed by atoms with E-state index >= 15 is 0 Å². The maximum atomic E-state index is 5.83. The average molecular weight is 346 g/mol. The van der Waals surface area contributed by atoms with Crippen LogP contribution >= 0.6 is 0 Å². The molecule has 0 unspecified atom stereocenters. The summed E-state index contributed by atoms with van der Waals surface area (Å²) in [6, 6.07) is 20.0. The highest BCUT2D eigenvalue weighted by Gasteiger charge is 2.23. The second-order valence-electron chi connectivity index (χ2n) is 6.29. The van der Waals surface area contributed by atoms with Gasteiger partial charge in [-0.3, -0.25) is 0 Å². The van der Waals surface area contributed by atoms with Crippen LogP contribution in [-0.4, -0.2) is 23.1 Å². The summed E-state index contributed by atoms with van der Waals surface area (Å²) >= 11 is 0. The second kappa shape index (κ2) is 7.41. The minimum Gasteiger partial charge on any atom is -0.356 e. The Morgan fingerprint density at radius 3 is 2.15 bits per heavy atom. The number of nitrogens with two attached hydrogens (primary N) is 1. The van der Waals surface area contributed by atoms with Gasteiger partial charge in [-0.05, 0) is 30.5 Å². The minimum atomic E-state index is 0.533. The minimum absolute atomic E-state index is 0.533. The van der Waals surface area contributed by atoms with E-state index in [1.54, 1.807) is 0 Å². The molecule has 132 valence electrons. The van der Waals surface area contributed by atoms with Gasteiger partial charge >= 0.3 is 0 Å². The summed E-state index contributed by atoms with van der Waals surface area (Å²) in [6.07, 6.45) is 2.34. The van der Waals surface area contributed by atoms with Crippen molar-refractivity contribution in [1.29, 1.82) is 0 Å². The van der Waals surface area contributed by atoms with Crippen LogP contribution in [0.25, 0.3) is 11.1 Å². The van der Waals surface area contributed by atoms with Crippen LogP contribution in [0.1, 0.15) is 12.8 Å². The predicted octanol–water partition coefficient (Wildman–Crippen LogP) is 3.77. The number of aromatic nitrogens is 2. The third-order valence-corrected chi connectivity index (χ3v) is 4.52. The second-order valence-corrected chi connectivity index (χ2v) is 6.29. The Morgan fingerprint density at radius 2 is 1.50 bits per heavy atom. The van der Waals surface area contributed by atoms with E-state index in [9.17, 15) is 0 Å². The number of benzene rings is 2. The molecule has 26 heavy (non-hydrogen) atoms. The summed E-state index contributed by atoms with van der Waals surface area (Å²) in [5, 5.41) is 3.28. The molecule has 1 aliphatic rings. The van der Waals surface area contributed by atoms with Crippen LogP contribution in [0.3, 0.4) is 0 Å². The number of hydrogen-bond donors (Lipinski definition) is 3. The van der Waals surface area contributed by atoms with Gasteiger partial charge < -0.3 is 15.6 Å². The maximum absolute atomic E-state index is 5.83. The van der Waals surface area contributed by atoms with Crippen LogP contribution in [-0.2, 0) is 0 Å². The monoisotopic (exact) mass is 346 g/mol. The lowest BCUT2D eigenvalue weighted by Crippen LogP contribution is -2.22. The Labute approximate surface area is 153 Å². The molecule has 0 amide bonds. The fraction of sp³-hybridized carbons (Fsp3) is 0.200. The molecule has 1 fully saturated rings. The summed E-state index contributed by atoms with van der Waals surface area (Å²) in [7, 11) is 0. The van der Waals surface area contributed by atoms with Gasteiger partial charge in [0.25, 0.3) is 0 Å². The maximum Gasteiger partial charge on any atom is 0.231 e.